The second-order valence-electron chi connectivity index (χ2n) is 3.20. The van der Waals surface area contributed by atoms with Crippen molar-refractivity contribution in [2.75, 3.05) is 0 Å². The molecule has 0 aliphatic heterocycles. The van der Waals surface area contributed by atoms with Gasteiger partial charge in [0.15, 0.2) is 0 Å². The van der Waals surface area contributed by atoms with Crippen molar-refractivity contribution in [2.45, 2.75) is 19.1 Å². The molecule has 2 heterocycles. The highest BCUT2D eigenvalue weighted by molar-refractivity contribution is 14.1. The molecular weight excluding hydrogens is 475 g/mol. The van der Waals surface area contributed by atoms with Crippen LogP contribution in [-0.2, 0) is 6.54 Å². The summed E-state index contributed by atoms with van der Waals surface area (Å²) in [4.78, 5) is 0. The summed E-state index contributed by atoms with van der Waals surface area (Å²) in [5.41, 5.74) is 0. The summed E-state index contributed by atoms with van der Waals surface area (Å²) in [5, 5.41) is 10.1. The van der Waals surface area contributed by atoms with E-state index in [4.69, 9.17) is 0 Å². The van der Waals surface area contributed by atoms with Crippen molar-refractivity contribution < 1.29 is 13.2 Å². The Balaban J connectivity index is 0.000000225. The van der Waals surface area contributed by atoms with Gasteiger partial charge in [0.2, 0.25) is 0 Å². The Labute approximate surface area is 129 Å². The molecule has 2 aromatic heterocycles. The lowest BCUT2D eigenvalue weighted by molar-refractivity contribution is -0.137. The number of aromatic nitrogens is 4. The molecule has 0 aliphatic rings. The smallest absolute Gasteiger partial charge is 0.285 e. The first-order valence-corrected chi connectivity index (χ1v) is 6.91. The SMILES string of the molecule is FC(F)(F)CCn1cc(I)cn1.Ic1cn[nH]c1. The molecule has 0 aliphatic carbocycles. The van der Waals surface area contributed by atoms with E-state index in [1.54, 1.807) is 12.4 Å². The summed E-state index contributed by atoms with van der Waals surface area (Å²) in [6.45, 7) is -0.105. The predicted molar refractivity (Wildman–Crippen MR) is 76.9 cm³/mol. The normalized spacial score (nSPS) is 10.9. The van der Waals surface area contributed by atoms with Gasteiger partial charge in [-0.3, -0.25) is 9.78 Å². The number of H-pyrrole nitrogens is 1. The van der Waals surface area contributed by atoms with E-state index in [9.17, 15) is 13.2 Å². The Kier molecular flexibility index (Phi) is 6.38. The van der Waals surface area contributed by atoms with Gasteiger partial charge in [0.05, 0.1) is 26.0 Å². The number of aryl methyl sites for hydroxylation is 1. The maximum atomic E-state index is 11.7. The molecule has 9 heteroatoms. The van der Waals surface area contributed by atoms with Crippen LogP contribution in [0.2, 0.25) is 0 Å². The van der Waals surface area contributed by atoms with Gasteiger partial charge in [0.1, 0.15) is 0 Å². The molecule has 18 heavy (non-hydrogen) atoms. The first-order chi connectivity index (χ1) is 8.37. The molecule has 0 unspecified atom stereocenters. The third-order valence-electron chi connectivity index (χ3n) is 1.69. The predicted octanol–water partition coefficient (Wildman–Crippen LogP) is 3.45. The molecule has 2 aromatic rings. The number of halogens is 5. The summed E-state index contributed by atoms with van der Waals surface area (Å²) < 4.78 is 38.4. The fraction of sp³-hybridized carbons (Fsp3) is 0.333. The number of nitrogens with zero attached hydrogens (tertiary/aromatic N) is 3. The molecular formula is C9H9F3I2N4. The lowest BCUT2D eigenvalue weighted by atomic mass is 10.4. The van der Waals surface area contributed by atoms with Gasteiger partial charge in [-0.2, -0.15) is 23.4 Å². The Morgan fingerprint density at radius 2 is 1.94 bits per heavy atom. The molecule has 4 nitrogen and oxygen atoms in total. The van der Waals surface area contributed by atoms with E-state index >= 15 is 0 Å². The van der Waals surface area contributed by atoms with Crippen LogP contribution in [-0.4, -0.2) is 26.2 Å². The monoisotopic (exact) mass is 484 g/mol. The molecule has 0 amide bonds. The van der Waals surface area contributed by atoms with Crippen molar-refractivity contribution in [3.63, 3.8) is 0 Å². The second-order valence-corrected chi connectivity index (χ2v) is 5.69. The number of hydrogen-bond acceptors (Lipinski definition) is 2. The molecule has 2 rings (SSSR count). The highest BCUT2D eigenvalue weighted by Gasteiger charge is 2.26. The molecule has 1 N–H and O–H groups in total. The van der Waals surface area contributed by atoms with Crippen molar-refractivity contribution in [3.8, 4) is 0 Å². The van der Waals surface area contributed by atoms with Gasteiger partial charge in [0.25, 0.3) is 0 Å². The lowest BCUT2D eigenvalue weighted by Gasteiger charge is -2.04. The fourth-order valence-electron chi connectivity index (χ4n) is 0.937. The minimum atomic E-state index is -4.10. The quantitative estimate of drug-likeness (QED) is 0.665. The van der Waals surface area contributed by atoms with Crippen molar-refractivity contribution >= 4 is 45.2 Å². The van der Waals surface area contributed by atoms with Gasteiger partial charge in [-0.25, -0.2) is 0 Å². The average Bonchev–Trinajstić information content (AvgIpc) is 2.87. The van der Waals surface area contributed by atoms with Gasteiger partial charge < -0.3 is 0 Å². The second kappa shape index (κ2) is 7.31. The standard InChI is InChI=1S/C6H6F3IN2.C3H3IN2/c7-6(8,9)1-2-12-4-5(10)3-11-12;4-3-1-5-6-2-3/h3-4H,1-2H2;1-2H,(H,5,6). The number of rotatable bonds is 2. The summed E-state index contributed by atoms with van der Waals surface area (Å²) >= 11 is 4.18. The maximum Gasteiger partial charge on any atom is 0.390 e. The van der Waals surface area contributed by atoms with E-state index in [-0.39, 0.29) is 6.54 Å². The fourth-order valence-corrected chi connectivity index (χ4v) is 1.66. The third kappa shape index (κ3) is 7.18. The molecule has 0 fully saturated rings. The van der Waals surface area contributed by atoms with Gasteiger partial charge in [-0.1, -0.05) is 0 Å². The lowest BCUT2D eigenvalue weighted by Crippen LogP contribution is -2.12. The summed E-state index contributed by atoms with van der Waals surface area (Å²) in [6, 6.07) is 0. The Morgan fingerprint density at radius 3 is 2.28 bits per heavy atom. The largest absolute Gasteiger partial charge is 0.390 e. The minimum absolute atomic E-state index is 0.105. The van der Waals surface area contributed by atoms with Crippen LogP contribution in [0.3, 0.4) is 0 Å². The van der Waals surface area contributed by atoms with Gasteiger partial charge in [-0.05, 0) is 45.2 Å². The molecule has 0 spiro atoms. The van der Waals surface area contributed by atoms with Gasteiger partial charge in [-0.15, -0.1) is 0 Å². The highest BCUT2D eigenvalue weighted by atomic mass is 127. The van der Waals surface area contributed by atoms with Crippen LogP contribution in [0.4, 0.5) is 13.2 Å². The molecule has 0 radical (unpaired) electrons. The topological polar surface area (TPSA) is 46.5 Å². The number of aromatic amines is 1. The molecule has 0 saturated heterocycles. The summed E-state index contributed by atoms with van der Waals surface area (Å²) in [7, 11) is 0. The van der Waals surface area contributed by atoms with E-state index in [0.29, 0.717) is 0 Å². The molecule has 100 valence electrons. The zero-order valence-electron chi connectivity index (χ0n) is 8.96. The van der Waals surface area contributed by atoms with Crippen LogP contribution in [0, 0.1) is 7.14 Å². The van der Waals surface area contributed by atoms with Gasteiger partial charge in [0, 0.05) is 18.9 Å². The Hall–Kier alpha value is -0.330. The Bertz CT molecular complexity index is 453. The van der Waals surface area contributed by atoms with E-state index in [1.165, 1.54) is 10.9 Å². The first kappa shape index (κ1) is 15.7. The van der Waals surface area contributed by atoms with Crippen LogP contribution in [0.15, 0.2) is 24.8 Å². The minimum Gasteiger partial charge on any atom is -0.285 e. The van der Waals surface area contributed by atoms with Crippen molar-refractivity contribution in [3.05, 3.63) is 31.9 Å². The third-order valence-corrected chi connectivity index (χ3v) is 2.84. The zero-order chi connectivity index (χ0) is 13.6. The highest BCUT2D eigenvalue weighted by Crippen LogP contribution is 2.20. The van der Waals surface area contributed by atoms with Crippen LogP contribution in [0.1, 0.15) is 6.42 Å². The summed E-state index contributed by atoms with van der Waals surface area (Å²) in [6.07, 6.45) is 1.77. The number of hydrogen-bond donors (Lipinski definition) is 1. The number of alkyl halides is 3. The Morgan fingerprint density at radius 1 is 1.22 bits per heavy atom. The van der Waals surface area contributed by atoms with Gasteiger partial charge >= 0.3 is 6.18 Å². The van der Waals surface area contributed by atoms with Crippen LogP contribution in [0.25, 0.3) is 0 Å². The van der Waals surface area contributed by atoms with Crippen molar-refractivity contribution in [1.82, 2.24) is 20.0 Å². The molecule has 0 aromatic carbocycles. The van der Waals surface area contributed by atoms with E-state index in [1.807, 2.05) is 28.8 Å². The molecule has 0 saturated carbocycles. The zero-order valence-corrected chi connectivity index (χ0v) is 13.3. The summed E-state index contributed by atoms with van der Waals surface area (Å²) in [5.74, 6) is 0. The van der Waals surface area contributed by atoms with Crippen LogP contribution >= 0.6 is 45.2 Å². The van der Waals surface area contributed by atoms with E-state index in [2.05, 4.69) is 37.9 Å². The first-order valence-electron chi connectivity index (χ1n) is 4.76. The van der Waals surface area contributed by atoms with E-state index in [0.717, 1.165) is 7.14 Å². The maximum absolute atomic E-state index is 11.7. The number of nitrogens with one attached hydrogen (secondary N) is 1. The molecule has 0 bridgehead atoms. The van der Waals surface area contributed by atoms with Crippen LogP contribution < -0.4 is 0 Å². The van der Waals surface area contributed by atoms with Crippen molar-refractivity contribution in [1.29, 1.82) is 0 Å². The average molecular weight is 484 g/mol. The van der Waals surface area contributed by atoms with E-state index < -0.39 is 12.6 Å². The van der Waals surface area contributed by atoms with Crippen molar-refractivity contribution in [2.24, 2.45) is 0 Å². The van der Waals surface area contributed by atoms with Crippen LogP contribution in [0.5, 0.6) is 0 Å². The molecule has 0 atom stereocenters.